The smallest absolute Gasteiger partial charge is 0.407 e. The molecular weight excluding hydrogens is 490 g/mol. The summed E-state index contributed by atoms with van der Waals surface area (Å²) < 4.78 is 4.63. The molecule has 32 heavy (non-hydrogen) atoms. The summed E-state index contributed by atoms with van der Waals surface area (Å²) in [7, 11) is 0. The van der Waals surface area contributed by atoms with Crippen LogP contribution in [0.3, 0.4) is 0 Å². The van der Waals surface area contributed by atoms with Gasteiger partial charge in [-0.15, -0.1) is 11.3 Å². The SMILES string of the molecule is CCCCc1nc2c(NC(C)(C)C)nc3cc(Br)sc3c2n1CC1CCN(C(=O)O)CC1. The van der Waals surface area contributed by atoms with E-state index in [4.69, 9.17) is 9.97 Å². The molecule has 4 rings (SSSR count). The van der Waals surface area contributed by atoms with Crippen LogP contribution in [0.1, 0.15) is 59.2 Å². The Balaban J connectivity index is 1.81. The van der Waals surface area contributed by atoms with Gasteiger partial charge >= 0.3 is 6.09 Å². The number of carboxylic acid groups (broad SMARTS) is 1. The summed E-state index contributed by atoms with van der Waals surface area (Å²) in [5, 5.41) is 12.9. The highest BCUT2D eigenvalue weighted by Crippen LogP contribution is 2.39. The monoisotopic (exact) mass is 521 g/mol. The molecular formula is C23H32BrN5O2S. The number of amides is 1. The Hall–Kier alpha value is -1.87. The molecule has 3 aromatic rings. The number of unbranched alkanes of at least 4 members (excludes halogenated alkanes) is 1. The molecule has 0 aromatic carbocycles. The maximum Gasteiger partial charge on any atom is 0.407 e. The van der Waals surface area contributed by atoms with Crippen LogP contribution in [0, 0.1) is 5.92 Å². The van der Waals surface area contributed by atoms with Crippen molar-refractivity contribution >= 4 is 60.4 Å². The highest BCUT2D eigenvalue weighted by Gasteiger charge is 2.26. The van der Waals surface area contributed by atoms with Crippen LogP contribution >= 0.6 is 27.3 Å². The number of pyridine rings is 1. The summed E-state index contributed by atoms with van der Waals surface area (Å²) in [5.74, 6) is 2.38. The van der Waals surface area contributed by atoms with Crippen molar-refractivity contribution in [1.29, 1.82) is 0 Å². The second kappa shape index (κ2) is 9.17. The number of anilines is 1. The molecule has 3 aromatic heterocycles. The van der Waals surface area contributed by atoms with Gasteiger partial charge in [-0.3, -0.25) is 0 Å². The number of thiophene rings is 1. The number of aromatic nitrogens is 3. The summed E-state index contributed by atoms with van der Waals surface area (Å²) >= 11 is 5.36. The number of carbonyl (C=O) groups is 1. The average molecular weight is 523 g/mol. The Morgan fingerprint density at radius 2 is 2.03 bits per heavy atom. The van der Waals surface area contributed by atoms with Crippen molar-refractivity contribution in [2.24, 2.45) is 5.92 Å². The van der Waals surface area contributed by atoms with E-state index in [1.807, 2.05) is 0 Å². The predicted octanol–water partition coefficient (Wildman–Crippen LogP) is 6.35. The minimum Gasteiger partial charge on any atom is -0.465 e. The van der Waals surface area contributed by atoms with Gasteiger partial charge in [0.25, 0.3) is 0 Å². The molecule has 0 radical (unpaired) electrons. The van der Waals surface area contributed by atoms with Crippen LogP contribution in [0.4, 0.5) is 10.6 Å². The number of aryl methyl sites for hydroxylation is 1. The second-order valence-corrected chi connectivity index (χ2v) is 12.2. The van der Waals surface area contributed by atoms with Crippen molar-refractivity contribution in [2.45, 2.75) is 71.9 Å². The molecule has 1 aliphatic rings. The van der Waals surface area contributed by atoms with E-state index in [1.54, 1.807) is 11.3 Å². The summed E-state index contributed by atoms with van der Waals surface area (Å²) in [5.41, 5.74) is 2.95. The van der Waals surface area contributed by atoms with E-state index in [9.17, 15) is 9.90 Å². The molecule has 0 atom stereocenters. The topological polar surface area (TPSA) is 83.3 Å². The van der Waals surface area contributed by atoms with Crippen molar-refractivity contribution in [3.63, 3.8) is 0 Å². The fourth-order valence-electron chi connectivity index (χ4n) is 4.40. The zero-order valence-electron chi connectivity index (χ0n) is 19.2. The number of nitrogens with zero attached hydrogens (tertiary/aromatic N) is 4. The molecule has 4 heterocycles. The van der Waals surface area contributed by atoms with E-state index in [2.05, 4.69) is 59.6 Å². The normalized spacial score (nSPS) is 15.7. The van der Waals surface area contributed by atoms with Gasteiger partial charge in [0.1, 0.15) is 11.3 Å². The predicted molar refractivity (Wildman–Crippen MR) is 135 cm³/mol. The molecule has 2 N–H and O–H groups in total. The fraction of sp³-hybridized carbons (Fsp3) is 0.609. The van der Waals surface area contributed by atoms with Crippen LogP contribution in [0.25, 0.3) is 21.3 Å². The first-order valence-corrected chi connectivity index (χ1v) is 13.0. The van der Waals surface area contributed by atoms with Crippen LogP contribution < -0.4 is 5.32 Å². The van der Waals surface area contributed by atoms with Crippen LogP contribution in [0.5, 0.6) is 0 Å². The highest BCUT2D eigenvalue weighted by atomic mass is 79.9. The number of halogens is 1. The number of hydrogen-bond acceptors (Lipinski definition) is 5. The van der Waals surface area contributed by atoms with Gasteiger partial charge in [-0.25, -0.2) is 14.8 Å². The van der Waals surface area contributed by atoms with Crippen LogP contribution in [0.2, 0.25) is 0 Å². The molecule has 1 saturated heterocycles. The quantitative estimate of drug-likeness (QED) is 0.394. The molecule has 7 nitrogen and oxygen atoms in total. The molecule has 1 aliphatic heterocycles. The molecule has 0 unspecified atom stereocenters. The average Bonchev–Trinajstić information content (AvgIpc) is 3.25. The zero-order valence-corrected chi connectivity index (χ0v) is 21.6. The van der Waals surface area contributed by atoms with Gasteiger partial charge in [-0.1, -0.05) is 13.3 Å². The molecule has 1 amide bonds. The fourth-order valence-corrected chi connectivity index (χ4v) is 5.98. The first kappa shape index (κ1) is 23.3. The van der Waals surface area contributed by atoms with Crippen molar-refractivity contribution in [1.82, 2.24) is 19.4 Å². The number of fused-ring (bicyclic) bond motifs is 3. The summed E-state index contributed by atoms with van der Waals surface area (Å²) in [4.78, 5) is 22.9. The molecule has 0 spiro atoms. The lowest BCUT2D eigenvalue weighted by Gasteiger charge is -2.30. The van der Waals surface area contributed by atoms with E-state index in [-0.39, 0.29) is 5.54 Å². The van der Waals surface area contributed by atoms with Gasteiger partial charge in [0.15, 0.2) is 5.82 Å². The standard InChI is InChI=1S/C23H32BrN5O2S/c1-5-6-7-17-26-18-19(29(17)13-14-8-10-28(11-9-14)22(30)31)20-15(12-16(24)32-20)25-21(18)27-23(2,3)4/h12,14H,5-11,13H2,1-4H3,(H,25,27)(H,30,31). The minimum absolute atomic E-state index is 0.127. The largest absolute Gasteiger partial charge is 0.465 e. The lowest BCUT2D eigenvalue weighted by molar-refractivity contribution is 0.121. The Morgan fingerprint density at radius 1 is 1.31 bits per heavy atom. The molecule has 0 aliphatic carbocycles. The second-order valence-electron chi connectivity index (χ2n) is 9.75. The van der Waals surface area contributed by atoms with Gasteiger partial charge in [-0.2, -0.15) is 0 Å². The third-order valence-corrected chi connectivity index (χ3v) is 7.61. The zero-order chi connectivity index (χ0) is 23.0. The Bertz CT molecular complexity index is 1130. The van der Waals surface area contributed by atoms with E-state index in [0.29, 0.717) is 19.0 Å². The van der Waals surface area contributed by atoms with Gasteiger partial charge in [0.05, 0.1) is 19.5 Å². The lowest BCUT2D eigenvalue weighted by atomic mass is 9.97. The van der Waals surface area contributed by atoms with Crippen LogP contribution in [-0.4, -0.2) is 49.3 Å². The van der Waals surface area contributed by atoms with E-state index in [1.165, 1.54) is 4.90 Å². The molecule has 1 fully saturated rings. The van der Waals surface area contributed by atoms with Gasteiger partial charge in [-0.05, 0) is 67.9 Å². The summed E-state index contributed by atoms with van der Waals surface area (Å²) in [6.07, 6.45) is 4.10. The van der Waals surface area contributed by atoms with Crippen molar-refractivity contribution in [3.8, 4) is 0 Å². The number of hydrogen-bond donors (Lipinski definition) is 2. The Morgan fingerprint density at radius 3 is 2.66 bits per heavy atom. The number of imidazole rings is 1. The molecule has 9 heteroatoms. The molecule has 0 bridgehead atoms. The van der Waals surface area contributed by atoms with Gasteiger partial charge in [0, 0.05) is 31.6 Å². The van der Waals surface area contributed by atoms with E-state index >= 15 is 0 Å². The Kier molecular flexibility index (Phi) is 6.68. The number of piperidine rings is 1. The van der Waals surface area contributed by atoms with Crippen molar-refractivity contribution in [3.05, 3.63) is 15.7 Å². The van der Waals surface area contributed by atoms with Gasteiger partial charge in [0.2, 0.25) is 0 Å². The lowest BCUT2D eigenvalue weighted by Crippen LogP contribution is -2.38. The minimum atomic E-state index is -0.811. The van der Waals surface area contributed by atoms with Crippen molar-refractivity contribution in [2.75, 3.05) is 18.4 Å². The highest BCUT2D eigenvalue weighted by molar-refractivity contribution is 9.11. The molecule has 174 valence electrons. The van der Waals surface area contributed by atoms with Crippen LogP contribution in [0.15, 0.2) is 9.85 Å². The van der Waals surface area contributed by atoms with E-state index < -0.39 is 6.09 Å². The maximum absolute atomic E-state index is 11.3. The molecule has 0 saturated carbocycles. The Labute approximate surface area is 201 Å². The first-order valence-electron chi connectivity index (χ1n) is 11.4. The number of rotatable bonds is 6. The summed E-state index contributed by atoms with van der Waals surface area (Å²) in [6.45, 7) is 10.7. The summed E-state index contributed by atoms with van der Waals surface area (Å²) in [6, 6.07) is 2.09. The third kappa shape index (κ3) is 4.88. The van der Waals surface area contributed by atoms with E-state index in [0.717, 1.165) is 75.3 Å². The maximum atomic E-state index is 11.3. The third-order valence-electron chi connectivity index (χ3n) is 5.97. The van der Waals surface area contributed by atoms with Gasteiger partial charge < -0.3 is 19.9 Å². The number of likely N-dealkylation sites (tertiary alicyclic amines) is 1. The first-order chi connectivity index (χ1) is 15.2. The van der Waals surface area contributed by atoms with Crippen molar-refractivity contribution < 1.29 is 9.90 Å². The number of nitrogens with one attached hydrogen (secondary N) is 1. The van der Waals surface area contributed by atoms with Crippen LogP contribution in [-0.2, 0) is 13.0 Å².